The summed E-state index contributed by atoms with van der Waals surface area (Å²) in [4.78, 5) is 2.39. The molecule has 2 heterocycles. The molecule has 5 unspecified atom stereocenters. The van der Waals surface area contributed by atoms with Gasteiger partial charge in [0, 0.05) is 25.7 Å². The molecule has 2 aliphatic heterocycles. The quantitative estimate of drug-likeness (QED) is 0.336. The van der Waals surface area contributed by atoms with Gasteiger partial charge in [-0.25, -0.2) is 0 Å². The molecule has 30 heavy (non-hydrogen) atoms. The molecule has 1 aliphatic carbocycles. The van der Waals surface area contributed by atoms with Gasteiger partial charge in [0.15, 0.2) is 6.35 Å². The number of halogens is 3. The average molecular weight is 439 g/mol. The number of alkyl halides is 3. The zero-order valence-electron chi connectivity index (χ0n) is 17.8. The standard InChI is InChI=1S/C19H37F3N6O2/c1-2-30-18-26-16(23-7-4-8-28-9-11-29-12-10-28)25-17(27-18)24-15-6-3-5-14(13-15)19(20,21)22/h14-18,23-27H,2-13H2,1H3. The van der Waals surface area contributed by atoms with Gasteiger partial charge in [0.05, 0.1) is 19.1 Å². The van der Waals surface area contributed by atoms with Crippen molar-refractivity contribution in [3.63, 3.8) is 0 Å². The summed E-state index contributed by atoms with van der Waals surface area (Å²) in [5.74, 6) is -1.22. The van der Waals surface area contributed by atoms with Gasteiger partial charge >= 0.3 is 6.18 Å². The van der Waals surface area contributed by atoms with E-state index < -0.39 is 12.1 Å². The molecule has 8 nitrogen and oxygen atoms in total. The van der Waals surface area contributed by atoms with E-state index in [9.17, 15) is 13.2 Å². The van der Waals surface area contributed by atoms with Crippen molar-refractivity contribution < 1.29 is 22.6 Å². The molecule has 0 radical (unpaired) electrons. The van der Waals surface area contributed by atoms with Crippen molar-refractivity contribution >= 4 is 0 Å². The monoisotopic (exact) mass is 438 g/mol. The van der Waals surface area contributed by atoms with Gasteiger partial charge in [-0.15, -0.1) is 0 Å². The molecule has 3 fully saturated rings. The molecule has 1 saturated carbocycles. The second kappa shape index (κ2) is 11.9. The fourth-order valence-electron chi connectivity index (χ4n) is 4.34. The lowest BCUT2D eigenvalue weighted by Crippen LogP contribution is -2.75. The first-order valence-electron chi connectivity index (χ1n) is 11.2. The number of morpholine rings is 1. The van der Waals surface area contributed by atoms with Crippen molar-refractivity contribution in [1.29, 1.82) is 0 Å². The molecular formula is C19H37F3N6O2. The third kappa shape index (κ3) is 7.86. The first kappa shape index (κ1) is 24.1. The third-order valence-electron chi connectivity index (χ3n) is 5.95. The number of ether oxygens (including phenoxy) is 2. The topological polar surface area (TPSA) is 81.9 Å². The van der Waals surface area contributed by atoms with Gasteiger partial charge in [-0.05, 0) is 45.7 Å². The Morgan fingerprint density at radius 1 is 1.10 bits per heavy atom. The van der Waals surface area contributed by atoms with Crippen LogP contribution in [0.25, 0.3) is 0 Å². The van der Waals surface area contributed by atoms with E-state index >= 15 is 0 Å². The number of hydrogen-bond acceptors (Lipinski definition) is 8. The van der Waals surface area contributed by atoms with Gasteiger partial charge in [-0.3, -0.25) is 31.5 Å². The Labute approximate surface area is 177 Å². The van der Waals surface area contributed by atoms with Crippen molar-refractivity contribution in [2.24, 2.45) is 5.92 Å². The maximum atomic E-state index is 13.1. The number of nitrogens with zero attached hydrogens (tertiary/aromatic N) is 1. The Morgan fingerprint density at radius 3 is 2.60 bits per heavy atom. The van der Waals surface area contributed by atoms with Gasteiger partial charge in [-0.1, -0.05) is 6.42 Å². The number of nitrogens with one attached hydrogen (secondary N) is 5. The van der Waals surface area contributed by atoms with Crippen molar-refractivity contribution in [3.05, 3.63) is 0 Å². The van der Waals surface area contributed by atoms with Crippen molar-refractivity contribution in [2.45, 2.75) is 70.2 Å². The summed E-state index contributed by atoms with van der Waals surface area (Å²) in [6.45, 7) is 7.81. The van der Waals surface area contributed by atoms with Gasteiger partial charge in [0.1, 0.15) is 12.6 Å². The van der Waals surface area contributed by atoms with Crippen LogP contribution in [0.5, 0.6) is 0 Å². The van der Waals surface area contributed by atoms with Crippen molar-refractivity contribution in [3.8, 4) is 0 Å². The molecule has 5 atom stereocenters. The maximum Gasteiger partial charge on any atom is 0.391 e. The normalized spacial score (nSPS) is 34.2. The molecule has 176 valence electrons. The highest BCUT2D eigenvalue weighted by atomic mass is 19.4. The highest BCUT2D eigenvalue weighted by Crippen LogP contribution is 2.37. The predicted molar refractivity (Wildman–Crippen MR) is 107 cm³/mol. The Hall–Kier alpha value is -0.530. The first-order chi connectivity index (χ1) is 14.4. The summed E-state index contributed by atoms with van der Waals surface area (Å²) >= 11 is 0. The van der Waals surface area contributed by atoms with E-state index in [4.69, 9.17) is 9.47 Å². The summed E-state index contributed by atoms with van der Waals surface area (Å²) in [5.41, 5.74) is 0. The Balaban J connectivity index is 1.43. The Kier molecular flexibility index (Phi) is 9.58. The highest BCUT2D eigenvalue weighted by molar-refractivity contribution is 4.85. The van der Waals surface area contributed by atoms with Crippen LogP contribution in [-0.4, -0.2) is 82.0 Å². The van der Waals surface area contributed by atoms with E-state index in [-0.39, 0.29) is 37.8 Å². The lowest BCUT2D eigenvalue weighted by Gasteiger charge is -2.41. The van der Waals surface area contributed by atoms with Crippen molar-refractivity contribution in [1.82, 2.24) is 31.5 Å². The minimum atomic E-state index is -4.12. The molecule has 3 rings (SSSR count). The maximum absolute atomic E-state index is 13.1. The second-order valence-electron chi connectivity index (χ2n) is 8.23. The fourth-order valence-corrected chi connectivity index (χ4v) is 4.34. The van der Waals surface area contributed by atoms with E-state index in [1.807, 2.05) is 6.92 Å². The molecule has 0 aromatic carbocycles. The van der Waals surface area contributed by atoms with Gasteiger partial charge in [-0.2, -0.15) is 13.2 Å². The zero-order valence-corrected chi connectivity index (χ0v) is 17.8. The molecule has 3 aliphatic rings. The van der Waals surface area contributed by atoms with Crippen LogP contribution in [0.4, 0.5) is 13.2 Å². The summed E-state index contributed by atoms with van der Waals surface area (Å²) in [6, 6.07) is -0.183. The Morgan fingerprint density at radius 2 is 1.87 bits per heavy atom. The molecule has 0 bridgehead atoms. The fraction of sp³-hybridized carbons (Fsp3) is 1.00. The lowest BCUT2D eigenvalue weighted by atomic mass is 9.85. The Bertz CT molecular complexity index is 495. The van der Waals surface area contributed by atoms with Crippen LogP contribution in [0.1, 0.15) is 39.0 Å². The van der Waals surface area contributed by atoms with E-state index in [1.165, 1.54) is 0 Å². The lowest BCUT2D eigenvalue weighted by molar-refractivity contribution is -0.184. The molecule has 0 aromatic rings. The first-order valence-corrected chi connectivity index (χ1v) is 11.2. The highest BCUT2D eigenvalue weighted by Gasteiger charge is 2.42. The average Bonchev–Trinajstić information content (AvgIpc) is 2.72. The van der Waals surface area contributed by atoms with Gasteiger partial charge in [0.25, 0.3) is 0 Å². The molecule has 0 amide bonds. The SMILES string of the molecule is CCOC1NC(NCCCN2CCOCC2)NC(NC2CCCC(C(F)(F)F)C2)N1. The van der Waals surface area contributed by atoms with E-state index in [0.29, 0.717) is 13.0 Å². The number of rotatable bonds is 9. The van der Waals surface area contributed by atoms with Crippen LogP contribution in [0, 0.1) is 5.92 Å². The van der Waals surface area contributed by atoms with E-state index in [0.717, 1.165) is 52.2 Å². The van der Waals surface area contributed by atoms with E-state index in [1.54, 1.807) is 0 Å². The molecule has 0 aromatic heterocycles. The van der Waals surface area contributed by atoms with Crippen LogP contribution in [0.2, 0.25) is 0 Å². The molecule has 2 saturated heterocycles. The van der Waals surface area contributed by atoms with Crippen LogP contribution in [0.15, 0.2) is 0 Å². The molecule has 0 spiro atoms. The third-order valence-corrected chi connectivity index (χ3v) is 5.95. The zero-order chi connectivity index (χ0) is 21.4. The van der Waals surface area contributed by atoms with Crippen LogP contribution in [-0.2, 0) is 9.47 Å². The molecule has 11 heteroatoms. The minimum Gasteiger partial charge on any atom is -0.379 e. The summed E-state index contributed by atoms with van der Waals surface area (Å²) in [5, 5.41) is 16.6. The van der Waals surface area contributed by atoms with Crippen molar-refractivity contribution in [2.75, 3.05) is 46.0 Å². The van der Waals surface area contributed by atoms with E-state index in [2.05, 4.69) is 31.5 Å². The predicted octanol–water partition coefficient (Wildman–Crippen LogP) is 0.679. The smallest absolute Gasteiger partial charge is 0.379 e. The molecular weight excluding hydrogens is 401 g/mol. The van der Waals surface area contributed by atoms with Gasteiger partial charge in [0.2, 0.25) is 0 Å². The largest absolute Gasteiger partial charge is 0.391 e. The van der Waals surface area contributed by atoms with Gasteiger partial charge < -0.3 is 9.47 Å². The minimum absolute atomic E-state index is 0.119. The van der Waals surface area contributed by atoms with Crippen LogP contribution in [0.3, 0.4) is 0 Å². The number of hydrogen-bond donors (Lipinski definition) is 5. The summed E-state index contributed by atoms with van der Waals surface area (Å²) in [6.07, 6.45) is -2.36. The molecule has 5 N–H and O–H groups in total. The summed E-state index contributed by atoms with van der Waals surface area (Å²) in [7, 11) is 0. The van der Waals surface area contributed by atoms with Crippen LogP contribution < -0.4 is 26.6 Å². The van der Waals surface area contributed by atoms with Crippen LogP contribution >= 0.6 is 0 Å². The second-order valence-corrected chi connectivity index (χ2v) is 8.23. The summed E-state index contributed by atoms with van der Waals surface area (Å²) < 4.78 is 50.4.